The third-order valence-corrected chi connectivity index (χ3v) is 5.62. The van der Waals surface area contributed by atoms with Crippen LogP contribution in [0, 0.1) is 5.82 Å². The molecule has 10 heteroatoms. The lowest BCUT2D eigenvalue weighted by molar-refractivity contribution is -0.153. The van der Waals surface area contributed by atoms with Crippen LogP contribution in [0.25, 0.3) is 11.3 Å². The number of hydrogen-bond acceptors (Lipinski definition) is 5. The maximum atomic E-state index is 13.4. The van der Waals surface area contributed by atoms with Crippen LogP contribution in [0.4, 0.5) is 17.6 Å². The van der Waals surface area contributed by atoms with Crippen LogP contribution in [0.15, 0.2) is 54.6 Å². The lowest BCUT2D eigenvalue weighted by atomic mass is 9.92. The van der Waals surface area contributed by atoms with Gasteiger partial charge in [0, 0.05) is 34.8 Å². The van der Waals surface area contributed by atoms with Crippen molar-refractivity contribution in [1.82, 2.24) is 10.3 Å². The first-order valence-electron chi connectivity index (χ1n) is 11.5. The molecular formula is C27H29F4N3O3. The van der Waals surface area contributed by atoms with Gasteiger partial charge >= 0.3 is 6.18 Å². The maximum Gasteiger partial charge on any atom is 0.422 e. The molecule has 3 aromatic rings. The first kappa shape index (κ1) is 27.9. The van der Waals surface area contributed by atoms with Gasteiger partial charge in [-0.25, -0.2) is 4.39 Å². The highest BCUT2D eigenvalue weighted by Gasteiger charge is 2.29. The van der Waals surface area contributed by atoms with E-state index in [-0.39, 0.29) is 35.3 Å². The Balaban J connectivity index is 1.77. The van der Waals surface area contributed by atoms with E-state index in [0.29, 0.717) is 11.4 Å². The first-order valence-corrected chi connectivity index (χ1v) is 11.5. The van der Waals surface area contributed by atoms with Crippen molar-refractivity contribution in [2.24, 2.45) is 5.73 Å². The van der Waals surface area contributed by atoms with Crippen molar-refractivity contribution in [2.75, 3.05) is 20.3 Å². The summed E-state index contributed by atoms with van der Waals surface area (Å²) in [5, 5.41) is 2.81. The van der Waals surface area contributed by atoms with Crippen molar-refractivity contribution in [3.63, 3.8) is 0 Å². The molecule has 0 aliphatic carbocycles. The fraction of sp³-hybridized carbons (Fsp3) is 0.333. The van der Waals surface area contributed by atoms with Crippen molar-refractivity contribution in [3.05, 3.63) is 77.2 Å². The number of carbonyl (C=O) groups is 1. The van der Waals surface area contributed by atoms with Crippen molar-refractivity contribution in [1.29, 1.82) is 0 Å². The van der Waals surface area contributed by atoms with Crippen molar-refractivity contribution in [2.45, 2.75) is 38.4 Å². The molecule has 1 aromatic heterocycles. The highest BCUT2D eigenvalue weighted by atomic mass is 19.4. The maximum absolute atomic E-state index is 13.4. The minimum atomic E-state index is -4.50. The Labute approximate surface area is 212 Å². The molecule has 198 valence electrons. The number of benzene rings is 2. The Bertz CT molecular complexity index is 1240. The van der Waals surface area contributed by atoms with Gasteiger partial charge in [0.2, 0.25) is 0 Å². The van der Waals surface area contributed by atoms with E-state index in [1.54, 1.807) is 12.1 Å². The fourth-order valence-corrected chi connectivity index (χ4v) is 3.48. The summed E-state index contributed by atoms with van der Waals surface area (Å²) in [5.41, 5.74) is 8.74. The van der Waals surface area contributed by atoms with E-state index < -0.39 is 24.2 Å². The number of hydrogen-bond donors (Lipinski definition) is 2. The van der Waals surface area contributed by atoms with E-state index >= 15 is 0 Å². The number of carbonyl (C=O) groups excluding carboxylic acids is 1. The molecule has 0 aliphatic rings. The molecule has 0 bridgehead atoms. The van der Waals surface area contributed by atoms with Gasteiger partial charge in [0.15, 0.2) is 18.1 Å². The molecule has 37 heavy (non-hydrogen) atoms. The van der Waals surface area contributed by atoms with Crippen LogP contribution < -0.4 is 20.5 Å². The average molecular weight is 520 g/mol. The topological polar surface area (TPSA) is 86.5 Å². The third-order valence-electron chi connectivity index (χ3n) is 5.62. The quantitative estimate of drug-likeness (QED) is 0.361. The van der Waals surface area contributed by atoms with Crippen molar-refractivity contribution < 1.29 is 31.8 Å². The van der Waals surface area contributed by atoms with Gasteiger partial charge in [0.05, 0.1) is 12.8 Å². The molecule has 2 aromatic carbocycles. The normalized spacial score (nSPS) is 12.7. The Morgan fingerprint density at radius 3 is 2.32 bits per heavy atom. The zero-order valence-corrected chi connectivity index (χ0v) is 20.9. The summed E-state index contributed by atoms with van der Waals surface area (Å²) in [6.07, 6.45) is -4.50. The largest absolute Gasteiger partial charge is 0.493 e. The number of amides is 1. The van der Waals surface area contributed by atoms with E-state index in [2.05, 4.69) is 5.32 Å². The van der Waals surface area contributed by atoms with Crippen LogP contribution in [0.2, 0.25) is 0 Å². The van der Waals surface area contributed by atoms with Gasteiger partial charge in [0.25, 0.3) is 5.91 Å². The molecule has 6 nitrogen and oxygen atoms in total. The molecule has 0 aliphatic heterocycles. The molecule has 1 heterocycles. The molecule has 1 unspecified atom stereocenters. The van der Waals surface area contributed by atoms with E-state index in [0.717, 1.165) is 11.1 Å². The molecule has 1 atom stereocenters. The predicted molar refractivity (Wildman–Crippen MR) is 132 cm³/mol. The Morgan fingerprint density at radius 2 is 1.73 bits per heavy atom. The second-order valence-corrected chi connectivity index (χ2v) is 9.28. The monoisotopic (exact) mass is 519 g/mol. The van der Waals surface area contributed by atoms with Crippen LogP contribution in [-0.2, 0) is 5.54 Å². The number of nitrogens with two attached hydrogens (primary N) is 1. The standard InChI is InChI=1S/C27H29F4N3O3/c1-16(14-33-25(35)18-7-10-23(24(11-18)36-4)37-15-27(29,30)31)21-12-19(26(2,3)32)13-22(34-21)17-5-8-20(28)9-6-17/h5-13,16H,14-15,32H2,1-4H3,(H,33,35). The van der Waals surface area contributed by atoms with Gasteiger partial charge in [-0.1, -0.05) is 6.92 Å². The summed E-state index contributed by atoms with van der Waals surface area (Å²) in [7, 11) is 1.27. The van der Waals surface area contributed by atoms with Crippen LogP contribution in [0.1, 0.15) is 48.3 Å². The van der Waals surface area contributed by atoms with Gasteiger partial charge in [-0.2, -0.15) is 13.2 Å². The third kappa shape index (κ3) is 7.66. The van der Waals surface area contributed by atoms with Gasteiger partial charge in [-0.15, -0.1) is 0 Å². The van der Waals surface area contributed by atoms with Gasteiger partial charge in [0.1, 0.15) is 5.82 Å². The zero-order valence-electron chi connectivity index (χ0n) is 20.9. The van der Waals surface area contributed by atoms with Crippen molar-refractivity contribution >= 4 is 5.91 Å². The Hall–Kier alpha value is -3.66. The lowest BCUT2D eigenvalue weighted by Crippen LogP contribution is -2.30. The fourth-order valence-electron chi connectivity index (χ4n) is 3.48. The number of halogens is 4. The molecule has 3 rings (SSSR count). The summed E-state index contributed by atoms with van der Waals surface area (Å²) in [6.45, 7) is 4.36. The number of alkyl halides is 3. The molecular weight excluding hydrogens is 490 g/mol. The number of nitrogens with one attached hydrogen (secondary N) is 1. The summed E-state index contributed by atoms with van der Waals surface area (Å²) in [4.78, 5) is 17.5. The molecule has 0 radical (unpaired) electrons. The summed E-state index contributed by atoms with van der Waals surface area (Å²) < 4.78 is 60.7. The van der Waals surface area contributed by atoms with E-state index in [1.807, 2.05) is 32.9 Å². The Kier molecular flexibility index (Phi) is 8.42. The summed E-state index contributed by atoms with van der Waals surface area (Å²) in [6, 6.07) is 13.6. The molecule has 0 fully saturated rings. The van der Waals surface area contributed by atoms with E-state index in [9.17, 15) is 22.4 Å². The smallest absolute Gasteiger partial charge is 0.422 e. The number of ether oxygens (including phenoxy) is 2. The highest BCUT2D eigenvalue weighted by molar-refractivity contribution is 5.94. The van der Waals surface area contributed by atoms with Gasteiger partial charge in [-0.05, 0) is 74.0 Å². The van der Waals surface area contributed by atoms with E-state index in [1.165, 1.54) is 37.4 Å². The Morgan fingerprint density at radius 1 is 1.05 bits per heavy atom. The van der Waals surface area contributed by atoms with E-state index in [4.69, 9.17) is 20.2 Å². The molecule has 3 N–H and O–H groups in total. The highest BCUT2D eigenvalue weighted by Crippen LogP contribution is 2.30. The molecule has 1 amide bonds. The number of pyridine rings is 1. The predicted octanol–water partition coefficient (Wildman–Crippen LogP) is 5.56. The lowest BCUT2D eigenvalue weighted by Gasteiger charge is -2.23. The zero-order chi connectivity index (χ0) is 27.4. The van der Waals surface area contributed by atoms with Gasteiger partial charge in [-0.3, -0.25) is 9.78 Å². The molecule has 0 saturated heterocycles. The number of aromatic nitrogens is 1. The van der Waals surface area contributed by atoms with Crippen molar-refractivity contribution in [3.8, 4) is 22.8 Å². The van der Waals surface area contributed by atoms with Crippen LogP contribution in [0.3, 0.4) is 0 Å². The first-order chi connectivity index (χ1) is 17.3. The van der Waals surface area contributed by atoms with Crippen LogP contribution in [-0.4, -0.2) is 37.3 Å². The number of methoxy groups -OCH3 is 1. The second-order valence-electron chi connectivity index (χ2n) is 9.28. The second kappa shape index (κ2) is 11.2. The van der Waals surface area contributed by atoms with Gasteiger partial charge < -0.3 is 20.5 Å². The number of nitrogens with zero attached hydrogens (tertiary/aromatic N) is 1. The average Bonchev–Trinajstić information content (AvgIpc) is 2.84. The number of rotatable bonds is 9. The van der Waals surface area contributed by atoms with Crippen LogP contribution in [0.5, 0.6) is 11.5 Å². The molecule has 0 spiro atoms. The van der Waals surface area contributed by atoms with Crippen LogP contribution >= 0.6 is 0 Å². The minimum Gasteiger partial charge on any atom is -0.493 e. The summed E-state index contributed by atoms with van der Waals surface area (Å²) >= 11 is 0. The molecule has 0 saturated carbocycles. The SMILES string of the molecule is COc1cc(C(=O)NCC(C)c2cc(C(C)(C)N)cc(-c3ccc(F)cc3)n2)ccc1OCC(F)(F)F. The minimum absolute atomic E-state index is 0.00781. The summed E-state index contributed by atoms with van der Waals surface area (Å²) in [5.74, 6) is -1.13.